The van der Waals surface area contributed by atoms with E-state index in [0.717, 1.165) is 54.9 Å². The fraction of sp³-hybridized carbons (Fsp3) is 0. The van der Waals surface area contributed by atoms with E-state index in [1.165, 1.54) is 21.5 Å². The lowest BCUT2D eigenvalue weighted by atomic mass is 9.92. The van der Waals surface area contributed by atoms with Crippen LogP contribution in [0.3, 0.4) is 0 Å². The van der Waals surface area contributed by atoms with Gasteiger partial charge in [0.1, 0.15) is 11.2 Å². The number of pyridine rings is 1. The van der Waals surface area contributed by atoms with Crippen LogP contribution < -0.4 is 0 Å². The second-order valence-electron chi connectivity index (χ2n) is 9.16. The molecule has 2 heteroatoms. The molecule has 2 heterocycles. The molecule has 0 saturated heterocycles. The molecule has 8 rings (SSSR count). The van der Waals surface area contributed by atoms with Crippen molar-refractivity contribution < 1.29 is 4.42 Å². The van der Waals surface area contributed by atoms with Gasteiger partial charge >= 0.3 is 0 Å². The molecule has 0 radical (unpaired) electrons. The van der Waals surface area contributed by atoms with Crippen LogP contribution in [0.15, 0.2) is 120 Å². The normalized spacial score (nSPS) is 12.0. The highest BCUT2D eigenvalue weighted by Gasteiger charge is 2.17. The van der Waals surface area contributed by atoms with Crippen molar-refractivity contribution in [2.75, 3.05) is 0 Å². The molecule has 35 heavy (non-hydrogen) atoms. The van der Waals surface area contributed by atoms with Gasteiger partial charge in [-0.3, -0.25) is 0 Å². The van der Waals surface area contributed by atoms with Crippen LogP contribution in [0, 0.1) is 0 Å². The Labute approximate surface area is 201 Å². The van der Waals surface area contributed by atoms with E-state index in [1.54, 1.807) is 0 Å². The molecule has 8 aromatic rings. The zero-order valence-electron chi connectivity index (χ0n) is 18.8. The second kappa shape index (κ2) is 6.91. The third kappa shape index (κ3) is 2.62. The summed E-state index contributed by atoms with van der Waals surface area (Å²) in [7, 11) is 0. The average molecular weight is 446 g/mol. The maximum atomic E-state index is 6.26. The lowest BCUT2D eigenvalue weighted by Crippen LogP contribution is -1.92. The van der Waals surface area contributed by atoms with E-state index in [9.17, 15) is 0 Å². The molecular weight excluding hydrogens is 426 g/mol. The number of para-hydroxylation sites is 2. The second-order valence-corrected chi connectivity index (χ2v) is 9.16. The standard InChI is InChI=1S/C33H19NO/c1-2-10-21-20(9-1)17-28(23-12-4-3-11-22(21)23)33-29-18-27-25-14-6-8-16-31(25)35-32(27)19-26(29)24-13-5-7-15-30(24)34-33/h1-19H. The van der Waals surface area contributed by atoms with Gasteiger partial charge in [0.25, 0.3) is 0 Å². The Morgan fingerprint density at radius 2 is 1.11 bits per heavy atom. The summed E-state index contributed by atoms with van der Waals surface area (Å²) in [6.45, 7) is 0. The van der Waals surface area contributed by atoms with E-state index < -0.39 is 0 Å². The molecule has 0 fully saturated rings. The zero-order chi connectivity index (χ0) is 22.9. The first kappa shape index (κ1) is 18.7. The predicted molar refractivity (Wildman–Crippen MR) is 147 cm³/mol. The lowest BCUT2D eigenvalue weighted by molar-refractivity contribution is 0.669. The summed E-state index contributed by atoms with van der Waals surface area (Å²) in [5, 5.41) is 10.6. The first-order valence-electron chi connectivity index (χ1n) is 11.9. The Kier molecular flexibility index (Phi) is 3.69. The van der Waals surface area contributed by atoms with Crippen LogP contribution >= 0.6 is 0 Å². The topological polar surface area (TPSA) is 26.0 Å². The van der Waals surface area contributed by atoms with Gasteiger partial charge in [0.05, 0.1) is 11.2 Å². The molecule has 0 saturated carbocycles. The van der Waals surface area contributed by atoms with Crippen LogP contribution in [0.2, 0.25) is 0 Å². The number of furan rings is 1. The highest BCUT2D eigenvalue weighted by atomic mass is 16.3. The molecule has 162 valence electrons. The molecule has 6 aromatic carbocycles. The summed E-state index contributed by atoms with van der Waals surface area (Å²) >= 11 is 0. The predicted octanol–water partition coefficient (Wildman–Crippen LogP) is 9.26. The van der Waals surface area contributed by atoms with Crippen LogP contribution in [-0.2, 0) is 0 Å². The molecule has 0 N–H and O–H groups in total. The molecule has 0 atom stereocenters. The number of hydrogen-bond acceptors (Lipinski definition) is 2. The van der Waals surface area contributed by atoms with Crippen molar-refractivity contribution in [2.24, 2.45) is 0 Å². The van der Waals surface area contributed by atoms with E-state index >= 15 is 0 Å². The Balaban J connectivity index is 1.60. The number of benzene rings is 6. The van der Waals surface area contributed by atoms with Crippen molar-refractivity contribution >= 4 is 65.2 Å². The van der Waals surface area contributed by atoms with Crippen molar-refractivity contribution in [2.45, 2.75) is 0 Å². The van der Waals surface area contributed by atoms with Gasteiger partial charge in [0, 0.05) is 27.1 Å². The van der Waals surface area contributed by atoms with Gasteiger partial charge in [0.2, 0.25) is 0 Å². The van der Waals surface area contributed by atoms with Gasteiger partial charge < -0.3 is 4.42 Å². The van der Waals surface area contributed by atoms with E-state index in [2.05, 4.69) is 103 Å². The summed E-state index contributed by atoms with van der Waals surface area (Å²) in [6.07, 6.45) is 0. The first-order valence-corrected chi connectivity index (χ1v) is 11.9. The van der Waals surface area contributed by atoms with E-state index in [-0.39, 0.29) is 0 Å². The molecule has 2 aromatic heterocycles. The van der Waals surface area contributed by atoms with E-state index in [1.807, 2.05) is 12.1 Å². The first-order chi connectivity index (χ1) is 17.3. The van der Waals surface area contributed by atoms with Crippen molar-refractivity contribution in [3.63, 3.8) is 0 Å². The molecule has 0 spiro atoms. The van der Waals surface area contributed by atoms with Gasteiger partial charge in [-0.15, -0.1) is 0 Å². The number of aromatic nitrogens is 1. The monoisotopic (exact) mass is 445 g/mol. The minimum absolute atomic E-state index is 0.907. The Bertz CT molecular complexity index is 2120. The van der Waals surface area contributed by atoms with Crippen LogP contribution in [0.4, 0.5) is 0 Å². The molecule has 2 nitrogen and oxygen atoms in total. The third-order valence-corrected chi connectivity index (χ3v) is 7.22. The molecule has 0 aliphatic heterocycles. The van der Waals surface area contributed by atoms with Crippen molar-refractivity contribution in [1.82, 2.24) is 4.98 Å². The Morgan fingerprint density at radius 1 is 0.429 bits per heavy atom. The highest BCUT2D eigenvalue weighted by Crippen LogP contribution is 2.41. The Morgan fingerprint density at radius 3 is 2.00 bits per heavy atom. The fourth-order valence-corrected chi connectivity index (χ4v) is 5.63. The summed E-state index contributed by atoms with van der Waals surface area (Å²) in [6, 6.07) is 40.7. The summed E-state index contributed by atoms with van der Waals surface area (Å²) in [5.41, 5.74) is 4.97. The summed E-state index contributed by atoms with van der Waals surface area (Å²) in [5.74, 6) is 0. The molecule has 0 aliphatic rings. The largest absolute Gasteiger partial charge is 0.456 e. The van der Waals surface area contributed by atoms with Crippen molar-refractivity contribution in [3.05, 3.63) is 115 Å². The maximum absolute atomic E-state index is 6.26. The summed E-state index contributed by atoms with van der Waals surface area (Å²) in [4.78, 5) is 5.27. The summed E-state index contributed by atoms with van der Waals surface area (Å²) < 4.78 is 6.26. The van der Waals surface area contributed by atoms with Gasteiger partial charge in [-0.25, -0.2) is 4.98 Å². The number of hydrogen-bond donors (Lipinski definition) is 0. The van der Waals surface area contributed by atoms with E-state index in [4.69, 9.17) is 9.40 Å². The van der Waals surface area contributed by atoms with Crippen LogP contribution in [0.5, 0.6) is 0 Å². The van der Waals surface area contributed by atoms with Crippen LogP contribution in [0.25, 0.3) is 76.4 Å². The third-order valence-electron chi connectivity index (χ3n) is 7.22. The van der Waals surface area contributed by atoms with Gasteiger partial charge in [-0.1, -0.05) is 84.9 Å². The molecule has 0 unspecified atom stereocenters. The smallest absolute Gasteiger partial charge is 0.136 e. The number of nitrogens with zero attached hydrogens (tertiary/aromatic N) is 1. The fourth-order valence-electron chi connectivity index (χ4n) is 5.63. The molecule has 0 amide bonds. The van der Waals surface area contributed by atoms with Gasteiger partial charge in [-0.2, -0.15) is 0 Å². The zero-order valence-corrected chi connectivity index (χ0v) is 18.8. The average Bonchev–Trinajstić information content (AvgIpc) is 3.29. The molecule has 0 bridgehead atoms. The van der Waals surface area contributed by atoms with Gasteiger partial charge in [-0.05, 0) is 57.3 Å². The van der Waals surface area contributed by atoms with Crippen molar-refractivity contribution in [1.29, 1.82) is 0 Å². The maximum Gasteiger partial charge on any atom is 0.136 e. The van der Waals surface area contributed by atoms with E-state index in [0.29, 0.717) is 0 Å². The number of fused-ring (bicyclic) bond motifs is 9. The minimum Gasteiger partial charge on any atom is -0.456 e. The Hall–Kier alpha value is -4.69. The highest BCUT2D eigenvalue weighted by molar-refractivity contribution is 6.21. The number of rotatable bonds is 1. The minimum atomic E-state index is 0.907. The lowest BCUT2D eigenvalue weighted by Gasteiger charge is -2.14. The van der Waals surface area contributed by atoms with Crippen molar-refractivity contribution in [3.8, 4) is 11.3 Å². The SMILES string of the molecule is c1ccc2c(c1)cc(-c1nc3ccccc3c3cc4oc5ccccc5c4cc13)c1ccccc12. The quantitative estimate of drug-likeness (QED) is 0.235. The molecular formula is C33H19NO. The molecule has 0 aliphatic carbocycles. The van der Waals surface area contributed by atoms with Crippen LogP contribution in [-0.4, -0.2) is 4.98 Å². The van der Waals surface area contributed by atoms with Crippen LogP contribution in [0.1, 0.15) is 0 Å². The van der Waals surface area contributed by atoms with Gasteiger partial charge in [0.15, 0.2) is 0 Å².